The summed E-state index contributed by atoms with van der Waals surface area (Å²) in [6.45, 7) is 6.75. The highest BCUT2D eigenvalue weighted by Gasteiger charge is 2.42. The minimum Gasteiger partial charge on any atom is -1.00 e. The van der Waals surface area contributed by atoms with Gasteiger partial charge in [-0.3, -0.25) is 4.40 Å². The lowest BCUT2D eigenvalue weighted by Crippen LogP contribution is -3.00. The lowest BCUT2D eigenvalue weighted by molar-refractivity contribution is -0.401. The number of aryl methyl sites for hydroxylation is 1. The molecule has 5 rings (SSSR count). The molecule has 0 saturated heterocycles. The number of benzene rings is 2. The molecular weight excluding hydrogens is 469 g/mol. The van der Waals surface area contributed by atoms with Crippen molar-refractivity contribution in [3.63, 3.8) is 0 Å². The van der Waals surface area contributed by atoms with Gasteiger partial charge in [-0.1, -0.05) is 30.3 Å². The zero-order chi connectivity index (χ0) is 19.5. The van der Waals surface area contributed by atoms with E-state index >= 15 is 0 Å². The number of allylic oxidation sites excluding steroid dienone is 1. The standard InChI is InChI=1S/C25H24N3.HI/c1-17-18(15-16-28-22-12-8-6-10-20(22)26-24(17)28)13-14-23-25(2,3)19-9-5-7-11-21(19)27(23)4;/h5-16H,1-4H3;1H/q+1;/p-1. The first-order valence-electron chi connectivity index (χ1n) is 9.73. The van der Waals surface area contributed by atoms with Gasteiger partial charge >= 0.3 is 0 Å². The first-order chi connectivity index (χ1) is 13.5. The SMILES string of the molecule is Cc1c(/C=C/C2=[N+](C)c3ccccc3C2(C)C)ccn2c1nc1ccccc12.[I-]. The molecule has 0 N–H and O–H groups in total. The Hall–Kier alpha value is -2.47. The molecule has 3 heterocycles. The molecule has 1 aliphatic heterocycles. The second-order valence-corrected chi connectivity index (χ2v) is 8.11. The summed E-state index contributed by atoms with van der Waals surface area (Å²) >= 11 is 0. The summed E-state index contributed by atoms with van der Waals surface area (Å²) in [6.07, 6.45) is 6.62. The fraction of sp³-hybridized carbons (Fsp3) is 0.200. The Balaban J connectivity index is 0.00000205. The van der Waals surface area contributed by atoms with Gasteiger partial charge < -0.3 is 24.0 Å². The molecule has 0 amide bonds. The lowest BCUT2D eigenvalue weighted by atomic mass is 9.81. The lowest BCUT2D eigenvalue weighted by Gasteiger charge is -2.15. The van der Waals surface area contributed by atoms with Crippen LogP contribution in [0.4, 0.5) is 5.69 Å². The Morgan fingerprint density at radius 2 is 1.69 bits per heavy atom. The van der Waals surface area contributed by atoms with E-state index in [9.17, 15) is 0 Å². The number of aromatic nitrogens is 2. The number of pyridine rings is 1. The van der Waals surface area contributed by atoms with Crippen LogP contribution in [0.5, 0.6) is 0 Å². The van der Waals surface area contributed by atoms with Crippen LogP contribution in [0.25, 0.3) is 22.8 Å². The first-order valence-corrected chi connectivity index (χ1v) is 9.73. The molecule has 1 aliphatic rings. The van der Waals surface area contributed by atoms with Crippen LogP contribution in [-0.4, -0.2) is 26.7 Å². The van der Waals surface area contributed by atoms with Crippen LogP contribution in [0.15, 0.2) is 66.9 Å². The van der Waals surface area contributed by atoms with Crippen LogP contribution in [0.1, 0.15) is 30.5 Å². The smallest absolute Gasteiger partial charge is 0.209 e. The number of halogens is 1. The van der Waals surface area contributed by atoms with Crippen molar-refractivity contribution in [2.45, 2.75) is 26.2 Å². The topological polar surface area (TPSA) is 20.3 Å². The molecule has 0 saturated carbocycles. The third kappa shape index (κ3) is 2.92. The Labute approximate surface area is 188 Å². The highest BCUT2D eigenvalue weighted by atomic mass is 127. The Morgan fingerprint density at radius 3 is 2.48 bits per heavy atom. The van der Waals surface area contributed by atoms with E-state index in [-0.39, 0.29) is 29.4 Å². The van der Waals surface area contributed by atoms with E-state index in [1.54, 1.807) is 0 Å². The summed E-state index contributed by atoms with van der Waals surface area (Å²) in [6, 6.07) is 19.1. The van der Waals surface area contributed by atoms with Crippen LogP contribution in [0.2, 0.25) is 0 Å². The molecular formula is C25H24IN3. The van der Waals surface area contributed by atoms with Gasteiger partial charge in [-0.05, 0) is 56.2 Å². The Morgan fingerprint density at radius 1 is 0.966 bits per heavy atom. The van der Waals surface area contributed by atoms with Crippen molar-refractivity contribution in [3.05, 3.63) is 83.6 Å². The van der Waals surface area contributed by atoms with Crippen LogP contribution in [0.3, 0.4) is 0 Å². The third-order valence-corrected chi connectivity index (χ3v) is 6.13. The van der Waals surface area contributed by atoms with E-state index in [0.717, 1.165) is 16.7 Å². The van der Waals surface area contributed by atoms with Crippen LogP contribution in [0, 0.1) is 6.92 Å². The molecule has 0 bridgehead atoms. The Kier molecular flexibility index (Phi) is 4.85. The predicted molar refractivity (Wildman–Crippen MR) is 117 cm³/mol. The van der Waals surface area contributed by atoms with Gasteiger partial charge in [-0.2, -0.15) is 4.58 Å². The number of hydrogen-bond acceptors (Lipinski definition) is 1. The second-order valence-electron chi connectivity index (χ2n) is 8.11. The number of imidazole rings is 1. The van der Waals surface area contributed by atoms with E-state index < -0.39 is 0 Å². The molecule has 0 spiro atoms. The minimum absolute atomic E-state index is 0. The average Bonchev–Trinajstić information content (AvgIpc) is 3.17. The molecule has 0 aliphatic carbocycles. The monoisotopic (exact) mass is 493 g/mol. The molecule has 0 unspecified atom stereocenters. The molecule has 2 aromatic carbocycles. The molecule has 3 nitrogen and oxygen atoms in total. The van der Waals surface area contributed by atoms with Crippen molar-refractivity contribution < 1.29 is 28.6 Å². The fourth-order valence-corrected chi connectivity index (χ4v) is 4.52. The Bertz CT molecular complexity index is 1310. The van der Waals surface area contributed by atoms with Crippen molar-refractivity contribution in [2.24, 2.45) is 0 Å². The molecule has 146 valence electrons. The van der Waals surface area contributed by atoms with Gasteiger partial charge in [0.05, 0.1) is 16.4 Å². The summed E-state index contributed by atoms with van der Waals surface area (Å²) in [5.74, 6) is 0. The number of fused-ring (bicyclic) bond motifs is 4. The number of hydrogen-bond donors (Lipinski definition) is 0. The minimum atomic E-state index is -0.0121. The molecule has 0 fully saturated rings. The summed E-state index contributed by atoms with van der Waals surface area (Å²) in [7, 11) is 2.16. The molecule has 0 radical (unpaired) electrons. The van der Waals surface area contributed by atoms with Gasteiger partial charge in [0.2, 0.25) is 5.69 Å². The van der Waals surface area contributed by atoms with E-state index in [2.05, 4.69) is 104 Å². The summed E-state index contributed by atoms with van der Waals surface area (Å²) in [5.41, 5.74) is 9.58. The van der Waals surface area contributed by atoms with E-state index in [0.29, 0.717) is 0 Å². The molecule has 0 atom stereocenters. The normalized spacial score (nSPS) is 15.3. The quantitative estimate of drug-likeness (QED) is 0.311. The number of rotatable bonds is 2. The van der Waals surface area contributed by atoms with Crippen molar-refractivity contribution in [3.8, 4) is 0 Å². The van der Waals surface area contributed by atoms with Gasteiger partial charge in [0.15, 0.2) is 5.71 Å². The van der Waals surface area contributed by atoms with Crippen molar-refractivity contribution in [2.75, 3.05) is 7.05 Å². The molecule has 29 heavy (non-hydrogen) atoms. The highest BCUT2D eigenvalue weighted by Crippen LogP contribution is 2.39. The van der Waals surface area contributed by atoms with E-state index in [1.165, 1.54) is 28.1 Å². The van der Waals surface area contributed by atoms with Gasteiger partial charge in [-0.15, -0.1) is 0 Å². The second kappa shape index (κ2) is 7.10. The van der Waals surface area contributed by atoms with E-state index in [1.807, 2.05) is 6.07 Å². The maximum atomic E-state index is 4.84. The molecule has 4 aromatic rings. The van der Waals surface area contributed by atoms with Crippen molar-refractivity contribution >= 4 is 34.2 Å². The van der Waals surface area contributed by atoms with Gasteiger partial charge in [-0.25, -0.2) is 4.98 Å². The van der Waals surface area contributed by atoms with E-state index in [4.69, 9.17) is 4.98 Å². The number of nitrogens with zero attached hydrogens (tertiary/aromatic N) is 3. The highest BCUT2D eigenvalue weighted by molar-refractivity contribution is 6.05. The molecule has 2 aromatic heterocycles. The number of para-hydroxylation sites is 3. The maximum Gasteiger partial charge on any atom is 0.209 e. The zero-order valence-corrected chi connectivity index (χ0v) is 19.3. The fourth-order valence-electron chi connectivity index (χ4n) is 4.52. The van der Waals surface area contributed by atoms with Crippen molar-refractivity contribution in [1.29, 1.82) is 0 Å². The van der Waals surface area contributed by atoms with Crippen LogP contribution < -0.4 is 24.0 Å². The first kappa shape index (κ1) is 19.8. The third-order valence-electron chi connectivity index (χ3n) is 6.13. The summed E-state index contributed by atoms with van der Waals surface area (Å²) in [4.78, 5) is 4.84. The summed E-state index contributed by atoms with van der Waals surface area (Å²) < 4.78 is 4.49. The summed E-state index contributed by atoms with van der Waals surface area (Å²) in [5, 5.41) is 0. The van der Waals surface area contributed by atoms with Gasteiger partial charge in [0, 0.05) is 23.9 Å². The van der Waals surface area contributed by atoms with Gasteiger partial charge in [0.25, 0.3) is 0 Å². The van der Waals surface area contributed by atoms with Crippen LogP contribution >= 0.6 is 0 Å². The van der Waals surface area contributed by atoms with Crippen LogP contribution in [-0.2, 0) is 5.41 Å². The maximum absolute atomic E-state index is 4.84. The predicted octanol–water partition coefficient (Wildman–Crippen LogP) is 2.52. The largest absolute Gasteiger partial charge is 1.00 e. The average molecular weight is 493 g/mol. The van der Waals surface area contributed by atoms with Gasteiger partial charge in [0.1, 0.15) is 12.7 Å². The molecule has 4 heteroatoms. The van der Waals surface area contributed by atoms with Crippen molar-refractivity contribution in [1.82, 2.24) is 9.38 Å². The zero-order valence-electron chi connectivity index (χ0n) is 17.1.